The van der Waals surface area contributed by atoms with E-state index in [1.165, 1.54) is 35.9 Å². The summed E-state index contributed by atoms with van der Waals surface area (Å²) in [6.07, 6.45) is -1.55. The summed E-state index contributed by atoms with van der Waals surface area (Å²) in [7, 11) is -2.27. The second-order valence-corrected chi connectivity index (χ2v) is 8.18. The normalized spacial score (nSPS) is 18.2. The summed E-state index contributed by atoms with van der Waals surface area (Å²) >= 11 is 0. The number of aromatic nitrogens is 2. The van der Waals surface area contributed by atoms with Crippen LogP contribution in [-0.2, 0) is 22.0 Å². The maximum absolute atomic E-state index is 12.6. The van der Waals surface area contributed by atoms with Gasteiger partial charge in [0.05, 0.1) is 25.0 Å². The highest BCUT2D eigenvalue weighted by atomic mass is 32.2. The summed E-state index contributed by atoms with van der Waals surface area (Å²) in [5.74, 6) is -0.00248. The Morgan fingerprint density at radius 1 is 1.14 bits per heavy atom. The molecule has 1 aromatic heterocycles. The predicted octanol–water partition coefficient (Wildman–Crippen LogP) is 2.49. The van der Waals surface area contributed by atoms with Gasteiger partial charge >= 0.3 is 6.18 Å². The van der Waals surface area contributed by atoms with Crippen LogP contribution in [0.4, 0.5) is 13.2 Å². The molecule has 0 saturated carbocycles. The third kappa shape index (κ3) is 4.71. The minimum Gasteiger partial charge on any atom is -0.477 e. The molecule has 1 saturated heterocycles. The van der Waals surface area contributed by atoms with Crippen LogP contribution in [0.3, 0.4) is 0 Å². The Bertz CT molecular complexity index is 920. The number of rotatable bonds is 6. The van der Waals surface area contributed by atoms with Crippen molar-refractivity contribution in [1.82, 2.24) is 14.3 Å². The zero-order chi connectivity index (χ0) is 20.4. The van der Waals surface area contributed by atoms with E-state index >= 15 is 0 Å². The Kier molecular flexibility index (Phi) is 5.75. The Morgan fingerprint density at radius 3 is 2.39 bits per heavy atom. The number of methoxy groups -OCH3 is 1. The van der Waals surface area contributed by atoms with Gasteiger partial charge in [0, 0.05) is 18.9 Å². The lowest BCUT2D eigenvalue weighted by Crippen LogP contribution is -2.32. The van der Waals surface area contributed by atoms with Gasteiger partial charge < -0.3 is 9.47 Å². The second-order valence-electron chi connectivity index (χ2n) is 6.21. The van der Waals surface area contributed by atoms with Crippen LogP contribution in [0, 0.1) is 0 Å². The van der Waals surface area contributed by atoms with Gasteiger partial charge in [0.15, 0.2) is 0 Å². The average Bonchev–Trinajstić information content (AvgIpc) is 3.11. The highest BCUT2D eigenvalue weighted by molar-refractivity contribution is 7.88. The van der Waals surface area contributed by atoms with E-state index in [-0.39, 0.29) is 36.2 Å². The standard InChI is InChI=1S/C17H18F3N3O4S/c1-26-15-16(22-8-7-21-15)27-14-6-9-23(10-14)28(24,25)11-12-2-4-13(5-3-12)17(18,19)20/h2-5,7-8,14H,6,9-11H2,1H3. The van der Waals surface area contributed by atoms with Gasteiger partial charge in [-0.1, -0.05) is 12.1 Å². The molecule has 0 bridgehead atoms. The van der Waals surface area contributed by atoms with Crippen molar-refractivity contribution in [3.8, 4) is 11.8 Å². The second kappa shape index (κ2) is 7.92. The van der Waals surface area contributed by atoms with Gasteiger partial charge in [-0.3, -0.25) is 0 Å². The topological polar surface area (TPSA) is 81.6 Å². The molecule has 1 atom stereocenters. The fourth-order valence-electron chi connectivity index (χ4n) is 2.83. The van der Waals surface area contributed by atoms with E-state index in [1.54, 1.807) is 0 Å². The van der Waals surface area contributed by atoms with Crippen molar-refractivity contribution in [3.63, 3.8) is 0 Å². The lowest BCUT2D eigenvalue weighted by molar-refractivity contribution is -0.137. The number of halogens is 3. The molecule has 7 nitrogen and oxygen atoms in total. The van der Waals surface area contributed by atoms with Crippen LogP contribution in [0.2, 0.25) is 0 Å². The average molecular weight is 417 g/mol. The number of benzene rings is 1. The molecule has 1 aliphatic rings. The lowest BCUT2D eigenvalue weighted by atomic mass is 10.1. The molecule has 1 unspecified atom stereocenters. The quantitative estimate of drug-likeness (QED) is 0.718. The summed E-state index contributed by atoms with van der Waals surface area (Å²) in [5, 5.41) is 0. The van der Waals surface area contributed by atoms with E-state index < -0.39 is 27.9 Å². The van der Waals surface area contributed by atoms with Crippen molar-refractivity contribution < 1.29 is 31.1 Å². The highest BCUT2D eigenvalue weighted by Gasteiger charge is 2.34. The lowest BCUT2D eigenvalue weighted by Gasteiger charge is -2.17. The molecule has 1 fully saturated rings. The van der Waals surface area contributed by atoms with Gasteiger partial charge in [-0.25, -0.2) is 18.4 Å². The number of sulfonamides is 1. The summed E-state index contributed by atoms with van der Waals surface area (Å²) < 4.78 is 75.1. The van der Waals surface area contributed by atoms with Crippen molar-refractivity contribution >= 4 is 10.0 Å². The number of hydrogen-bond acceptors (Lipinski definition) is 6. The van der Waals surface area contributed by atoms with E-state index in [4.69, 9.17) is 9.47 Å². The Hall–Kier alpha value is -2.40. The van der Waals surface area contributed by atoms with Crippen molar-refractivity contribution in [1.29, 1.82) is 0 Å². The largest absolute Gasteiger partial charge is 0.477 e. The van der Waals surface area contributed by atoms with Crippen molar-refractivity contribution in [2.24, 2.45) is 0 Å². The molecule has 152 valence electrons. The van der Waals surface area contributed by atoms with E-state index in [0.29, 0.717) is 6.42 Å². The van der Waals surface area contributed by atoms with E-state index in [1.807, 2.05) is 0 Å². The Labute approximate surface area is 160 Å². The maximum atomic E-state index is 12.6. The van der Waals surface area contributed by atoms with Crippen LogP contribution < -0.4 is 9.47 Å². The summed E-state index contributed by atoms with van der Waals surface area (Å²) in [6, 6.07) is 4.10. The summed E-state index contributed by atoms with van der Waals surface area (Å²) in [6.45, 7) is 0.360. The first kappa shape index (κ1) is 20.3. The predicted molar refractivity (Wildman–Crippen MR) is 93.3 cm³/mol. The SMILES string of the molecule is COc1nccnc1OC1CCN(S(=O)(=O)Cc2ccc(C(F)(F)F)cc2)C1. The first-order chi connectivity index (χ1) is 13.2. The van der Waals surface area contributed by atoms with Crippen LogP contribution >= 0.6 is 0 Å². The number of nitrogens with zero attached hydrogens (tertiary/aromatic N) is 3. The molecule has 0 N–H and O–H groups in total. The molecule has 1 aliphatic heterocycles. The fraction of sp³-hybridized carbons (Fsp3) is 0.412. The highest BCUT2D eigenvalue weighted by Crippen LogP contribution is 2.30. The zero-order valence-electron chi connectivity index (χ0n) is 14.9. The van der Waals surface area contributed by atoms with Gasteiger partial charge in [-0.05, 0) is 24.1 Å². The third-order valence-corrected chi connectivity index (χ3v) is 6.05. The molecule has 28 heavy (non-hydrogen) atoms. The molecule has 1 aromatic carbocycles. The molecule has 0 amide bonds. The maximum Gasteiger partial charge on any atom is 0.416 e. The molecule has 2 aromatic rings. The van der Waals surface area contributed by atoms with E-state index in [0.717, 1.165) is 12.1 Å². The third-order valence-electron chi connectivity index (χ3n) is 4.24. The molecule has 2 heterocycles. The van der Waals surface area contributed by atoms with Gasteiger partial charge in [0.25, 0.3) is 11.8 Å². The van der Waals surface area contributed by atoms with Crippen molar-refractivity contribution in [2.45, 2.75) is 24.5 Å². The molecular weight excluding hydrogens is 399 g/mol. The van der Waals surface area contributed by atoms with Crippen LogP contribution in [0.1, 0.15) is 17.5 Å². The monoisotopic (exact) mass is 417 g/mol. The van der Waals surface area contributed by atoms with Crippen LogP contribution in [0.5, 0.6) is 11.8 Å². The van der Waals surface area contributed by atoms with Crippen molar-refractivity contribution in [2.75, 3.05) is 20.2 Å². The smallest absolute Gasteiger partial charge is 0.416 e. The van der Waals surface area contributed by atoms with Crippen LogP contribution in [0.15, 0.2) is 36.7 Å². The van der Waals surface area contributed by atoms with E-state index in [2.05, 4.69) is 9.97 Å². The Balaban J connectivity index is 1.63. The number of hydrogen-bond donors (Lipinski definition) is 0. The first-order valence-corrected chi connectivity index (χ1v) is 9.95. The summed E-state index contributed by atoms with van der Waals surface area (Å²) in [5.41, 5.74) is -0.533. The Morgan fingerprint density at radius 2 is 1.79 bits per heavy atom. The van der Waals surface area contributed by atoms with Crippen molar-refractivity contribution in [3.05, 3.63) is 47.8 Å². The molecule has 11 heteroatoms. The molecule has 0 spiro atoms. The van der Waals surface area contributed by atoms with Crippen LogP contribution in [0.25, 0.3) is 0 Å². The summed E-state index contributed by atoms with van der Waals surface area (Å²) in [4.78, 5) is 7.99. The van der Waals surface area contributed by atoms with Gasteiger partial charge in [0.1, 0.15) is 6.10 Å². The number of ether oxygens (including phenoxy) is 2. The van der Waals surface area contributed by atoms with Crippen LogP contribution in [-0.4, -0.2) is 49.0 Å². The van der Waals surface area contributed by atoms with E-state index in [9.17, 15) is 21.6 Å². The van der Waals surface area contributed by atoms with Gasteiger partial charge in [-0.15, -0.1) is 0 Å². The molecule has 0 aliphatic carbocycles. The molecule has 0 radical (unpaired) electrons. The first-order valence-electron chi connectivity index (χ1n) is 8.34. The zero-order valence-corrected chi connectivity index (χ0v) is 15.7. The molecule has 3 rings (SSSR count). The number of alkyl halides is 3. The minimum absolute atomic E-state index is 0.114. The van der Waals surface area contributed by atoms with Gasteiger partial charge in [-0.2, -0.15) is 17.5 Å². The molecular formula is C17H18F3N3O4S. The fourth-order valence-corrected chi connectivity index (χ4v) is 4.40. The van der Waals surface area contributed by atoms with Gasteiger partial charge in [0.2, 0.25) is 10.0 Å². The minimum atomic E-state index is -4.46.